The number of fused-ring (bicyclic) bond motifs is 1. The molecule has 0 N–H and O–H groups in total. The maximum atomic E-state index is 11.8. The van der Waals surface area contributed by atoms with E-state index >= 15 is 0 Å². The first-order valence-electron chi connectivity index (χ1n) is 5.65. The van der Waals surface area contributed by atoms with Crippen molar-refractivity contribution in [1.82, 2.24) is 0 Å². The monoisotopic (exact) mass is 212 g/mol. The molecule has 4 nitrogen and oxygen atoms in total. The second-order valence-electron chi connectivity index (χ2n) is 5.42. The first-order chi connectivity index (χ1) is 7.03. The molecule has 3 rings (SSSR count). The third-order valence-corrected chi connectivity index (χ3v) is 5.05. The summed E-state index contributed by atoms with van der Waals surface area (Å²) in [6.45, 7) is 2.17. The standard InChI is InChI=1S/C11H18NO3/c1-11-5-4-7-6-8(15-12(7,11)2)9(11)10(13)14-3/h7-9H,4-6H2,1-3H3/q+1/t7-,8-,9+,11+,12?/m0/s1. The number of piperidine rings is 1. The van der Waals surface area contributed by atoms with Crippen LogP contribution in [0.2, 0.25) is 0 Å². The number of hydroxylamine groups is 3. The lowest BCUT2D eigenvalue weighted by Crippen LogP contribution is -2.59. The molecule has 1 unspecified atom stereocenters. The smallest absolute Gasteiger partial charge is 0.318 e. The van der Waals surface area contributed by atoms with E-state index in [9.17, 15) is 4.79 Å². The first kappa shape index (κ1) is 9.60. The van der Waals surface area contributed by atoms with Crippen LogP contribution in [0, 0.1) is 5.92 Å². The number of hydrogen-bond donors (Lipinski definition) is 0. The van der Waals surface area contributed by atoms with Crippen LogP contribution in [0.5, 0.6) is 0 Å². The summed E-state index contributed by atoms with van der Waals surface area (Å²) < 4.78 is 5.55. The Morgan fingerprint density at radius 2 is 2.33 bits per heavy atom. The molecule has 3 saturated heterocycles. The quantitative estimate of drug-likeness (QED) is 0.478. The molecule has 0 aromatic heterocycles. The second kappa shape index (κ2) is 2.55. The molecule has 2 bridgehead atoms. The molecule has 0 aliphatic carbocycles. The third kappa shape index (κ3) is 0.843. The van der Waals surface area contributed by atoms with E-state index in [0.717, 1.165) is 12.8 Å². The summed E-state index contributed by atoms with van der Waals surface area (Å²) >= 11 is 0. The Morgan fingerprint density at radius 3 is 3.00 bits per heavy atom. The van der Waals surface area contributed by atoms with Gasteiger partial charge in [0.15, 0.2) is 0 Å². The molecule has 0 amide bonds. The number of ether oxygens (including phenoxy) is 1. The highest BCUT2D eigenvalue weighted by molar-refractivity contribution is 5.75. The number of methoxy groups -OCH3 is 1. The second-order valence-corrected chi connectivity index (χ2v) is 5.42. The zero-order valence-corrected chi connectivity index (χ0v) is 9.53. The molecule has 3 aliphatic heterocycles. The van der Waals surface area contributed by atoms with Gasteiger partial charge >= 0.3 is 5.97 Å². The zero-order valence-electron chi connectivity index (χ0n) is 9.53. The van der Waals surface area contributed by atoms with Crippen molar-refractivity contribution in [1.29, 1.82) is 0 Å². The normalized spacial score (nSPS) is 56.1. The van der Waals surface area contributed by atoms with Crippen molar-refractivity contribution in [3.63, 3.8) is 0 Å². The average Bonchev–Trinajstić information content (AvgIpc) is 2.65. The Morgan fingerprint density at radius 1 is 1.60 bits per heavy atom. The molecule has 0 radical (unpaired) electrons. The highest BCUT2D eigenvalue weighted by Crippen LogP contribution is 2.59. The molecule has 3 heterocycles. The van der Waals surface area contributed by atoms with Crippen molar-refractivity contribution < 1.29 is 19.0 Å². The lowest BCUT2D eigenvalue weighted by Gasteiger charge is -2.39. The van der Waals surface area contributed by atoms with Crippen molar-refractivity contribution in [2.24, 2.45) is 5.92 Å². The van der Waals surface area contributed by atoms with Crippen molar-refractivity contribution in [3.05, 3.63) is 0 Å². The summed E-state index contributed by atoms with van der Waals surface area (Å²) in [6.07, 6.45) is 3.35. The lowest BCUT2D eigenvalue weighted by atomic mass is 9.79. The summed E-state index contributed by atoms with van der Waals surface area (Å²) in [5.74, 6) is -0.157. The SMILES string of the molecule is COC(=O)[C@H]1[C@@H]2C[C@@H]3CC[C@@]1(C)[N+]3(C)O2. The van der Waals surface area contributed by atoms with Crippen LogP contribution in [-0.4, -0.2) is 42.5 Å². The molecule has 15 heavy (non-hydrogen) atoms. The Labute approximate surface area is 89.7 Å². The molecule has 0 saturated carbocycles. The molecule has 0 aromatic carbocycles. The van der Waals surface area contributed by atoms with E-state index < -0.39 is 0 Å². The van der Waals surface area contributed by atoms with Crippen LogP contribution < -0.4 is 0 Å². The van der Waals surface area contributed by atoms with Gasteiger partial charge in [-0.15, -0.1) is 0 Å². The van der Waals surface area contributed by atoms with Gasteiger partial charge < -0.3 is 4.74 Å². The van der Waals surface area contributed by atoms with Crippen LogP contribution in [0.15, 0.2) is 0 Å². The van der Waals surface area contributed by atoms with Crippen molar-refractivity contribution in [2.45, 2.75) is 43.9 Å². The van der Waals surface area contributed by atoms with Gasteiger partial charge in [-0.1, -0.05) is 0 Å². The minimum atomic E-state index is -0.0929. The third-order valence-electron chi connectivity index (χ3n) is 5.05. The largest absolute Gasteiger partial charge is 0.469 e. The molecule has 0 aromatic rings. The first-order valence-corrected chi connectivity index (χ1v) is 5.65. The molecular formula is C11H18NO3+. The van der Waals surface area contributed by atoms with E-state index in [1.54, 1.807) is 0 Å². The van der Waals surface area contributed by atoms with Crippen LogP contribution in [0.4, 0.5) is 0 Å². The van der Waals surface area contributed by atoms with Gasteiger partial charge in [0.1, 0.15) is 23.6 Å². The molecule has 84 valence electrons. The Kier molecular flexibility index (Phi) is 1.63. The van der Waals surface area contributed by atoms with Crippen LogP contribution >= 0.6 is 0 Å². The summed E-state index contributed by atoms with van der Waals surface area (Å²) in [4.78, 5) is 17.8. The number of carbonyl (C=O) groups excluding carboxylic acids is 1. The fraction of sp³-hybridized carbons (Fsp3) is 0.909. The van der Waals surface area contributed by atoms with Gasteiger partial charge in [-0.05, 0) is 6.92 Å². The number of esters is 1. The zero-order chi connectivity index (χ0) is 10.8. The van der Waals surface area contributed by atoms with Crippen molar-refractivity contribution >= 4 is 5.97 Å². The van der Waals surface area contributed by atoms with E-state index in [2.05, 4.69) is 14.0 Å². The molecular weight excluding hydrogens is 194 g/mol. The van der Waals surface area contributed by atoms with Gasteiger partial charge in [0.2, 0.25) is 0 Å². The van der Waals surface area contributed by atoms with Crippen molar-refractivity contribution in [3.8, 4) is 0 Å². The van der Waals surface area contributed by atoms with Crippen LogP contribution in [0.1, 0.15) is 26.2 Å². The Bertz CT molecular complexity index is 332. The maximum Gasteiger partial charge on any atom is 0.318 e. The van der Waals surface area contributed by atoms with E-state index in [-0.39, 0.29) is 23.5 Å². The summed E-state index contributed by atoms with van der Waals surface area (Å²) in [5, 5.41) is 0. The fourth-order valence-corrected chi connectivity index (χ4v) is 4.02. The summed E-state index contributed by atoms with van der Waals surface area (Å²) in [7, 11) is 3.60. The van der Waals surface area contributed by atoms with Crippen LogP contribution in [0.25, 0.3) is 0 Å². The molecule has 3 fully saturated rings. The predicted molar refractivity (Wildman–Crippen MR) is 52.6 cm³/mol. The van der Waals surface area contributed by atoms with Gasteiger partial charge in [-0.3, -0.25) is 4.79 Å². The maximum absolute atomic E-state index is 11.8. The number of rotatable bonds is 1. The fourth-order valence-electron chi connectivity index (χ4n) is 4.02. The van der Waals surface area contributed by atoms with E-state index in [4.69, 9.17) is 9.57 Å². The average molecular weight is 212 g/mol. The number of hydrogen-bond acceptors (Lipinski definition) is 3. The molecule has 3 aliphatic rings. The van der Waals surface area contributed by atoms with E-state index in [1.165, 1.54) is 13.5 Å². The van der Waals surface area contributed by atoms with Gasteiger partial charge in [0.25, 0.3) is 0 Å². The number of carbonyl (C=O) groups is 1. The van der Waals surface area contributed by atoms with Crippen LogP contribution in [0.3, 0.4) is 0 Å². The minimum absolute atomic E-state index is 0.0549. The predicted octanol–water partition coefficient (Wildman–Crippen LogP) is 0.861. The van der Waals surface area contributed by atoms with Crippen LogP contribution in [-0.2, 0) is 14.4 Å². The minimum Gasteiger partial charge on any atom is -0.469 e. The highest BCUT2D eigenvalue weighted by atomic mass is 16.7. The van der Waals surface area contributed by atoms with Gasteiger partial charge in [-0.2, -0.15) is 9.48 Å². The number of nitrogens with zero attached hydrogens (tertiary/aromatic N) is 1. The van der Waals surface area contributed by atoms with Gasteiger partial charge in [0, 0.05) is 19.3 Å². The molecule has 0 spiro atoms. The Balaban J connectivity index is 2.04. The Hall–Kier alpha value is -0.610. The highest BCUT2D eigenvalue weighted by Gasteiger charge is 2.76. The van der Waals surface area contributed by atoms with Gasteiger partial charge in [0.05, 0.1) is 14.2 Å². The topological polar surface area (TPSA) is 35.5 Å². The van der Waals surface area contributed by atoms with E-state index in [1.807, 2.05) is 0 Å². The van der Waals surface area contributed by atoms with Crippen molar-refractivity contribution in [2.75, 3.05) is 14.2 Å². The van der Waals surface area contributed by atoms with E-state index in [0.29, 0.717) is 10.7 Å². The molecule has 5 atom stereocenters. The lowest BCUT2D eigenvalue weighted by molar-refractivity contribution is -1.11. The molecule has 4 heteroatoms. The van der Waals surface area contributed by atoms with Gasteiger partial charge in [-0.25, -0.2) is 0 Å². The summed E-state index contributed by atoms with van der Waals surface area (Å²) in [6, 6.07) is 0.598. The number of quaternary nitrogens is 1. The summed E-state index contributed by atoms with van der Waals surface area (Å²) in [5.41, 5.74) is -0.0549.